The minimum Gasteiger partial charge on any atom is -0.496 e. The average molecular weight is 236 g/mol. The van der Waals surface area contributed by atoms with E-state index in [-0.39, 0.29) is 12.1 Å². The third-order valence-electron chi connectivity index (χ3n) is 2.04. The van der Waals surface area contributed by atoms with Crippen molar-refractivity contribution in [2.75, 3.05) is 7.11 Å². The van der Waals surface area contributed by atoms with Crippen LogP contribution in [0.3, 0.4) is 0 Å². The lowest BCUT2D eigenvalue weighted by Gasteiger charge is -2.03. The first-order chi connectivity index (χ1) is 8.04. The Hall–Kier alpha value is -2.37. The molecule has 6 nitrogen and oxygen atoms in total. The van der Waals surface area contributed by atoms with E-state index in [2.05, 4.69) is 0 Å². The number of nitro benzene ring substituents is 1. The number of amides is 1. The van der Waals surface area contributed by atoms with Crippen LogP contribution in [0, 0.1) is 10.1 Å². The molecule has 0 aromatic heterocycles. The molecule has 0 aliphatic rings. The molecular weight excluding hydrogens is 224 g/mol. The lowest BCUT2D eigenvalue weighted by atomic mass is 10.1. The number of non-ortho nitro benzene ring substituents is 1. The Kier molecular flexibility index (Phi) is 4.21. The third kappa shape index (κ3) is 3.60. The number of hydrogen-bond donors (Lipinski definition) is 1. The first-order valence-electron chi connectivity index (χ1n) is 4.82. The number of benzene rings is 1. The molecule has 1 amide bonds. The summed E-state index contributed by atoms with van der Waals surface area (Å²) in [7, 11) is 1.46. The minimum absolute atomic E-state index is 0.0375. The van der Waals surface area contributed by atoms with Gasteiger partial charge < -0.3 is 10.5 Å². The summed E-state index contributed by atoms with van der Waals surface area (Å²) in [5, 5.41) is 10.6. The fourth-order valence-electron chi connectivity index (χ4n) is 1.27. The molecular formula is C11H12N2O4. The van der Waals surface area contributed by atoms with Crippen molar-refractivity contribution in [2.45, 2.75) is 6.42 Å². The maximum Gasteiger partial charge on any atom is 0.270 e. The summed E-state index contributed by atoms with van der Waals surface area (Å²) in [6, 6.07) is 4.22. The van der Waals surface area contributed by atoms with Crippen LogP contribution in [0.2, 0.25) is 0 Å². The number of ether oxygens (including phenoxy) is 1. The lowest BCUT2D eigenvalue weighted by Crippen LogP contribution is -2.07. The number of rotatable bonds is 5. The van der Waals surface area contributed by atoms with Gasteiger partial charge in [-0.3, -0.25) is 14.9 Å². The first-order valence-corrected chi connectivity index (χ1v) is 4.82. The Labute approximate surface area is 97.8 Å². The Morgan fingerprint density at radius 2 is 2.29 bits per heavy atom. The summed E-state index contributed by atoms with van der Waals surface area (Å²) in [5.74, 6) is 0.0296. The molecule has 0 saturated heterocycles. The van der Waals surface area contributed by atoms with Crippen molar-refractivity contribution >= 4 is 17.7 Å². The number of primary amides is 1. The largest absolute Gasteiger partial charge is 0.496 e. The average Bonchev–Trinajstić information content (AvgIpc) is 2.28. The molecule has 90 valence electrons. The van der Waals surface area contributed by atoms with Crippen LogP contribution < -0.4 is 10.5 Å². The number of nitrogens with two attached hydrogens (primary N) is 1. The van der Waals surface area contributed by atoms with E-state index in [0.717, 1.165) is 0 Å². The van der Waals surface area contributed by atoms with E-state index < -0.39 is 10.8 Å². The van der Waals surface area contributed by atoms with E-state index in [4.69, 9.17) is 10.5 Å². The Bertz CT molecular complexity index is 469. The van der Waals surface area contributed by atoms with Crippen LogP contribution in [0.5, 0.6) is 5.75 Å². The minimum atomic E-state index is -0.495. The monoisotopic (exact) mass is 236 g/mol. The predicted molar refractivity (Wildman–Crippen MR) is 62.5 cm³/mol. The van der Waals surface area contributed by atoms with Gasteiger partial charge in [-0.05, 0) is 6.07 Å². The van der Waals surface area contributed by atoms with Crippen molar-refractivity contribution in [1.29, 1.82) is 0 Å². The predicted octanol–water partition coefficient (Wildman–Crippen LogP) is 1.49. The van der Waals surface area contributed by atoms with Gasteiger partial charge in [0, 0.05) is 24.1 Å². The van der Waals surface area contributed by atoms with Gasteiger partial charge in [0.25, 0.3) is 5.69 Å². The van der Waals surface area contributed by atoms with Gasteiger partial charge in [0.05, 0.1) is 12.0 Å². The summed E-state index contributed by atoms with van der Waals surface area (Å²) in [6.45, 7) is 0. The molecule has 0 radical (unpaired) electrons. The molecule has 17 heavy (non-hydrogen) atoms. The molecule has 0 fully saturated rings. The van der Waals surface area contributed by atoms with E-state index in [9.17, 15) is 14.9 Å². The number of methoxy groups -OCH3 is 1. The maximum absolute atomic E-state index is 10.6. The summed E-state index contributed by atoms with van der Waals surface area (Å²) in [6.07, 6.45) is 3.17. The van der Waals surface area contributed by atoms with Crippen molar-refractivity contribution in [3.05, 3.63) is 40.0 Å². The summed E-state index contributed by atoms with van der Waals surface area (Å²) >= 11 is 0. The molecule has 0 saturated carbocycles. The van der Waals surface area contributed by atoms with Crippen LogP contribution in [-0.4, -0.2) is 17.9 Å². The molecule has 1 rings (SSSR count). The molecule has 0 spiro atoms. The number of hydrogen-bond acceptors (Lipinski definition) is 4. The van der Waals surface area contributed by atoms with E-state index in [0.29, 0.717) is 11.3 Å². The summed E-state index contributed by atoms with van der Waals surface area (Å²) < 4.78 is 5.05. The molecule has 0 heterocycles. The van der Waals surface area contributed by atoms with Crippen LogP contribution in [0.15, 0.2) is 24.3 Å². The standard InChI is InChI=1S/C11H12N2O4/c1-17-10-6-5-9(13(15)16)7-8(10)3-2-4-11(12)14/h2-3,5-7H,4H2,1H3,(H2,12,14). The lowest BCUT2D eigenvalue weighted by molar-refractivity contribution is -0.384. The Balaban J connectivity index is 3.01. The van der Waals surface area contributed by atoms with Gasteiger partial charge in [0.15, 0.2) is 0 Å². The third-order valence-corrected chi connectivity index (χ3v) is 2.04. The second kappa shape index (κ2) is 5.64. The van der Waals surface area contributed by atoms with Crippen molar-refractivity contribution in [3.63, 3.8) is 0 Å². The zero-order valence-electron chi connectivity index (χ0n) is 9.25. The SMILES string of the molecule is COc1ccc([N+](=O)[O-])cc1C=CCC(N)=O. The van der Waals surface area contributed by atoms with Crippen LogP contribution in [0.1, 0.15) is 12.0 Å². The van der Waals surface area contributed by atoms with Crippen molar-refractivity contribution < 1.29 is 14.5 Å². The van der Waals surface area contributed by atoms with Crippen LogP contribution in [0.25, 0.3) is 6.08 Å². The summed E-state index contributed by atoms with van der Waals surface area (Å²) in [5.41, 5.74) is 5.47. The zero-order valence-corrected chi connectivity index (χ0v) is 9.25. The molecule has 2 N–H and O–H groups in total. The second-order valence-electron chi connectivity index (χ2n) is 3.26. The number of carbonyl (C=O) groups excluding carboxylic acids is 1. The highest BCUT2D eigenvalue weighted by Gasteiger charge is 2.09. The Morgan fingerprint density at radius 1 is 1.59 bits per heavy atom. The van der Waals surface area contributed by atoms with Crippen LogP contribution >= 0.6 is 0 Å². The van der Waals surface area contributed by atoms with Gasteiger partial charge in [-0.25, -0.2) is 0 Å². The van der Waals surface area contributed by atoms with E-state index in [1.807, 2.05) is 0 Å². The van der Waals surface area contributed by atoms with E-state index in [1.165, 1.54) is 31.4 Å². The molecule has 0 atom stereocenters. The van der Waals surface area contributed by atoms with Crippen molar-refractivity contribution in [3.8, 4) is 5.75 Å². The van der Waals surface area contributed by atoms with Gasteiger partial charge in [-0.2, -0.15) is 0 Å². The quantitative estimate of drug-likeness (QED) is 0.618. The molecule has 0 aliphatic heterocycles. The number of nitrogens with zero attached hydrogens (tertiary/aromatic N) is 1. The molecule has 0 bridgehead atoms. The Morgan fingerprint density at radius 3 is 2.82 bits per heavy atom. The smallest absolute Gasteiger partial charge is 0.270 e. The maximum atomic E-state index is 10.6. The number of nitro groups is 1. The van der Waals surface area contributed by atoms with Crippen molar-refractivity contribution in [2.24, 2.45) is 5.73 Å². The van der Waals surface area contributed by atoms with Crippen molar-refractivity contribution in [1.82, 2.24) is 0 Å². The fourth-order valence-corrected chi connectivity index (χ4v) is 1.27. The highest BCUT2D eigenvalue weighted by Crippen LogP contribution is 2.25. The van der Waals surface area contributed by atoms with Gasteiger partial charge in [0.2, 0.25) is 5.91 Å². The van der Waals surface area contributed by atoms with E-state index >= 15 is 0 Å². The van der Waals surface area contributed by atoms with Gasteiger partial charge in [-0.1, -0.05) is 12.2 Å². The highest BCUT2D eigenvalue weighted by molar-refractivity contribution is 5.77. The first kappa shape index (κ1) is 12.7. The topological polar surface area (TPSA) is 95.5 Å². The molecule has 0 unspecified atom stereocenters. The van der Waals surface area contributed by atoms with Gasteiger partial charge in [-0.15, -0.1) is 0 Å². The van der Waals surface area contributed by atoms with Crippen LogP contribution in [0.4, 0.5) is 5.69 Å². The molecule has 0 aliphatic carbocycles. The summed E-state index contributed by atoms with van der Waals surface area (Å²) in [4.78, 5) is 20.7. The van der Waals surface area contributed by atoms with Gasteiger partial charge in [0.1, 0.15) is 5.75 Å². The highest BCUT2D eigenvalue weighted by atomic mass is 16.6. The zero-order chi connectivity index (χ0) is 12.8. The normalized spacial score (nSPS) is 10.4. The van der Waals surface area contributed by atoms with E-state index in [1.54, 1.807) is 6.08 Å². The molecule has 1 aromatic rings. The second-order valence-corrected chi connectivity index (χ2v) is 3.26. The number of carbonyl (C=O) groups is 1. The molecule has 1 aromatic carbocycles. The molecule has 6 heteroatoms. The van der Waals surface area contributed by atoms with Crippen LogP contribution in [-0.2, 0) is 4.79 Å². The fraction of sp³-hybridized carbons (Fsp3) is 0.182. The van der Waals surface area contributed by atoms with Gasteiger partial charge >= 0.3 is 0 Å².